The van der Waals surface area contributed by atoms with E-state index in [1.807, 2.05) is 312 Å². The highest BCUT2D eigenvalue weighted by atomic mass is 14.8. The van der Waals surface area contributed by atoms with E-state index in [0.29, 0.717) is 0 Å². The highest BCUT2D eigenvalue weighted by molar-refractivity contribution is 5.83. The van der Waals surface area contributed by atoms with Crippen molar-refractivity contribution in [3.8, 4) is 0 Å². The maximum Gasteiger partial charge on any atom is 0.159 e. The molecule has 16 nitrogen and oxygen atoms in total. The Morgan fingerprint density at radius 3 is 1.23 bits per heavy atom. The Morgan fingerprint density at radius 2 is 0.596 bits per heavy atom. The molecule has 0 bridgehead atoms. The molecule has 15 aromatic heterocycles. The van der Waals surface area contributed by atoms with Gasteiger partial charge in [0.15, 0.2) is 5.65 Å². The molecule has 16 heteroatoms. The minimum absolute atomic E-state index is 0.818. The minimum atomic E-state index is 0.818. The van der Waals surface area contributed by atoms with E-state index in [4.69, 9.17) is 0 Å². The smallest absolute Gasteiger partial charge is 0.159 e. The van der Waals surface area contributed by atoms with Crippen LogP contribution in [-0.2, 0) is 0 Å². The highest BCUT2D eigenvalue weighted by Crippen LogP contribution is 2.16. The summed E-state index contributed by atoms with van der Waals surface area (Å²) in [6.07, 6.45) is 36.1. The zero-order valence-electron chi connectivity index (χ0n) is 66.2. The third kappa shape index (κ3) is 32.9. The predicted octanol–water partition coefficient (Wildman–Crippen LogP) is 23.7. The number of benzene rings is 1. The molecule has 0 saturated heterocycles. The summed E-state index contributed by atoms with van der Waals surface area (Å²) in [6, 6.07) is 40.0. The molecule has 0 aliphatic rings. The monoisotopic (exact) mass is 1390 g/mol. The van der Waals surface area contributed by atoms with Crippen molar-refractivity contribution in [1.29, 1.82) is 0 Å². The average Bonchev–Trinajstić information content (AvgIpc) is 1.05. The molecule has 0 aliphatic carbocycles. The van der Waals surface area contributed by atoms with Gasteiger partial charge in [0.25, 0.3) is 0 Å². The molecule has 0 aliphatic heterocycles. The van der Waals surface area contributed by atoms with E-state index >= 15 is 0 Å². The Bertz CT molecular complexity index is 3990. The van der Waals surface area contributed by atoms with Crippen molar-refractivity contribution in [3.63, 3.8) is 0 Å². The molecule has 0 unspecified atom stereocenters. The second-order valence-electron chi connectivity index (χ2n) is 20.5. The van der Waals surface area contributed by atoms with Crippen molar-refractivity contribution in [2.75, 3.05) is 0 Å². The van der Waals surface area contributed by atoms with Crippen molar-refractivity contribution in [1.82, 2.24) is 79.7 Å². The number of aryl methyl sites for hydroxylation is 8. The molecule has 0 spiro atoms. The van der Waals surface area contributed by atoms with Gasteiger partial charge in [-0.1, -0.05) is 122 Å². The van der Waals surface area contributed by atoms with Gasteiger partial charge in [-0.25, -0.2) is 19.9 Å². The van der Waals surface area contributed by atoms with Crippen LogP contribution in [0.5, 0.6) is 0 Å². The second-order valence-corrected chi connectivity index (χ2v) is 20.5. The lowest BCUT2D eigenvalue weighted by atomic mass is 10.2. The third-order valence-electron chi connectivity index (χ3n) is 13.0. The standard InChI is InChI=1S/8C9H8N2.8C2H6/c1-7-4-9-5-10-3-2-8(9)6-11-7;1-7-4-8-2-3-10-5-9(8)6-11-7;1-7-4-8-6-10-3-2-9(8)11-5-7;1-7-4-8-2-3-10-6-9(8)11-5-7;1-7-2-3-9-8(4-7)5-10-6-11-9;1-7-5-9-8(6-11-7)3-2-4-10-9;1-7-5-9-8(11-6-7)3-2-4-10-9;1-7-5-8-3-2-4-10-9(8)11-6-7;8*1-2/h8*2-6H,1H3;8*1-2H3. The summed E-state index contributed by atoms with van der Waals surface area (Å²) < 4.78 is 0. The molecule has 0 atom stereocenters. The highest BCUT2D eigenvalue weighted by Gasteiger charge is 1.99. The number of hydrogen-bond acceptors (Lipinski definition) is 16. The SMILES string of the molecule is CC.CC.CC.CC.CC.CC.CC.CC.Cc1cc2ccncc2cn1.Cc1cc2cnccc2cn1.Cc1cc2ncccc2cn1.Cc1ccc2ncncc2c1.Cc1cnc2cccnc2c1.Cc1cnc2ccncc2c1.Cc1cnc2cnccc2c1.Cc1cnc2ncccc2c1. The van der Waals surface area contributed by atoms with E-state index in [2.05, 4.69) is 123 Å². The van der Waals surface area contributed by atoms with Crippen LogP contribution >= 0.6 is 0 Å². The molecule has 0 N–H and O–H groups in total. The normalized spacial score (nSPS) is 9.15. The van der Waals surface area contributed by atoms with E-state index < -0.39 is 0 Å². The van der Waals surface area contributed by atoms with Gasteiger partial charge in [0.1, 0.15) is 6.33 Å². The number of fused-ring (bicyclic) bond motifs is 8. The van der Waals surface area contributed by atoms with E-state index in [1.165, 1.54) is 27.6 Å². The van der Waals surface area contributed by atoms with E-state index in [0.717, 1.165) is 104 Å². The van der Waals surface area contributed by atoms with Crippen LogP contribution in [0.25, 0.3) is 87.2 Å². The number of nitrogens with zero attached hydrogens (tertiary/aromatic N) is 16. The number of pyridine rings is 14. The summed E-state index contributed by atoms with van der Waals surface area (Å²) in [5, 5.41) is 10.2. The van der Waals surface area contributed by atoms with Crippen LogP contribution in [0.1, 0.15) is 156 Å². The quantitative estimate of drug-likeness (QED) is 0.138. The third-order valence-corrected chi connectivity index (χ3v) is 13.0. The minimum Gasteiger partial charge on any atom is -0.264 e. The fourth-order valence-electron chi connectivity index (χ4n) is 8.64. The van der Waals surface area contributed by atoms with Gasteiger partial charge >= 0.3 is 0 Å². The summed E-state index contributed by atoms with van der Waals surface area (Å²) in [5.41, 5.74) is 15.7. The molecule has 15 heterocycles. The van der Waals surface area contributed by atoms with Crippen molar-refractivity contribution in [2.45, 2.75) is 166 Å². The zero-order chi connectivity index (χ0) is 77.5. The van der Waals surface area contributed by atoms with Gasteiger partial charge in [0.05, 0.1) is 39.3 Å². The fraction of sp³-hybridized carbons (Fsp3) is 0.273. The second kappa shape index (κ2) is 55.2. The molecular weight excluding hydrogens is 1280 g/mol. The Labute approximate surface area is 620 Å². The van der Waals surface area contributed by atoms with Crippen LogP contribution in [0.15, 0.2) is 245 Å². The largest absolute Gasteiger partial charge is 0.264 e. The molecule has 16 rings (SSSR count). The molecule has 104 heavy (non-hydrogen) atoms. The van der Waals surface area contributed by atoms with E-state index in [-0.39, 0.29) is 0 Å². The summed E-state index contributed by atoms with van der Waals surface area (Å²) in [6.45, 7) is 48.1. The Kier molecular flexibility index (Phi) is 48.0. The zero-order valence-corrected chi connectivity index (χ0v) is 66.2. The van der Waals surface area contributed by atoms with Crippen LogP contribution in [0.2, 0.25) is 0 Å². The lowest BCUT2D eigenvalue weighted by Crippen LogP contribution is -1.82. The number of aromatic nitrogens is 16. The molecular formula is C88H112N16. The number of hydrogen-bond donors (Lipinski definition) is 0. The van der Waals surface area contributed by atoms with Gasteiger partial charge in [-0.3, -0.25) is 59.8 Å². The van der Waals surface area contributed by atoms with Crippen molar-refractivity contribution >= 4 is 87.2 Å². The first kappa shape index (κ1) is 90.5. The molecule has 0 fully saturated rings. The number of rotatable bonds is 0. The maximum atomic E-state index is 4.24. The average molecular weight is 1390 g/mol. The lowest BCUT2D eigenvalue weighted by molar-refractivity contribution is 1.21. The summed E-state index contributed by atoms with van der Waals surface area (Å²) >= 11 is 0. The summed E-state index contributed by atoms with van der Waals surface area (Å²) in [5.74, 6) is 0. The van der Waals surface area contributed by atoms with Gasteiger partial charge < -0.3 is 0 Å². The fourth-order valence-corrected chi connectivity index (χ4v) is 8.64. The first-order valence-corrected chi connectivity index (χ1v) is 36.2. The van der Waals surface area contributed by atoms with Crippen LogP contribution in [-0.4, -0.2) is 79.7 Å². The van der Waals surface area contributed by atoms with Crippen molar-refractivity contribution < 1.29 is 0 Å². The summed E-state index contributed by atoms with van der Waals surface area (Å²) in [4.78, 5) is 65.9. The molecule has 0 amide bonds. The van der Waals surface area contributed by atoms with Crippen LogP contribution in [0.4, 0.5) is 0 Å². The van der Waals surface area contributed by atoms with Gasteiger partial charge in [0, 0.05) is 172 Å². The molecule has 16 aromatic rings. The van der Waals surface area contributed by atoms with Gasteiger partial charge in [0.2, 0.25) is 0 Å². The molecule has 0 saturated carbocycles. The maximum absolute atomic E-state index is 4.24. The van der Waals surface area contributed by atoms with E-state index in [9.17, 15) is 0 Å². The van der Waals surface area contributed by atoms with Crippen LogP contribution in [0, 0.1) is 55.4 Å². The first-order chi connectivity index (χ1) is 50.9. The topological polar surface area (TPSA) is 206 Å². The van der Waals surface area contributed by atoms with Crippen molar-refractivity contribution in [3.05, 3.63) is 290 Å². The lowest BCUT2D eigenvalue weighted by Gasteiger charge is -1.95. The first-order valence-electron chi connectivity index (χ1n) is 36.2. The van der Waals surface area contributed by atoms with Gasteiger partial charge in [-0.15, -0.1) is 0 Å². The summed E-state index contributed by atoms with van der Waals surface area (Å²) in [7, 11) is 0. The molecule has 544 valence electrons. The Morgan fingerprint density at radius 1 is 0.183 bits per heavy atom. The Hall–Kier alpha value is -11.5. The van der Waals surface area contributed by atoms with Crippen molar-refractivity contribution in [2.24, 2.45) is 0 Å². The van der Waals surface area contributed by atoms with E-state index in [1.54, 1.807) is 55.9 Å². The predicted molar refractivity (Wildman–Crippen MR) is 445 cm³/mol. The van der Waals surface area contributed by atoms with Gasteiger partial charge in [-0.05, 0) is 198 Å². The van der Waals surface area contributed by atoms with Crippen LogP contribution < -0.4 is 0 Å². The Balaban J connectivity index is 0.000000578. The van der Waals surface area contributed by atoms with Gasteiger partial charge in [-0.2, -0.15) is 0 Å². The molecule has 1 aromatic carbocycles. The molecule has 0 radical (unpaired) electrons. The van der Waals surface area contributed by atoms with Crippen LogP contribution in [0.3, 0.4) is 0 Å².